The lowest BCUT2D eigenvalue weighted by molar-refractivity contribution is 0.297. The second-order valence-corrected chi connectivity index (χ2v) is 4.03. The fourth-order valence-electron chi connectivity index (χ4n) is 1.21. The van der Waals surface area contributed by atoms with Crippen molar-refractivity contribution in [2.45, 2.75) is 33.6 Å². The smallest absolute Gasteiger partial charge is 0.00727 e. The van der Waals surface area contributed by atoms with E-state index < -0.39 is 0 Å². The second-order valence-electron chi connectivity index (χ2n) is 2.81. The summed E-state index contributed by atoms with van der Waals surface area (Å²) in [6.07, 6.45) is 2.72. The first kappa shape index (κ1) is 12.3. The molecule has 1 aliphatic heterocycles. The van der Waals surface area contributed by atoms with Crippen LogP contribution in [-0.4, -0.2) is 36.0 Å². The van der Waals surface area contributed by atoms with Crippen LogP contribution < -0.4 is 0 Å². The maximum Gasteiger partial charge on any atom is 0.00727 e. The number of nitrogens with zero attached hydrogens (tertiary/aromatic N) is 1. The van der Waals surface area contributed by atoms with Gasteiger partial charge in [0, 0.05) is 24.6 Å². The zero-order chi connectivity index (χ0) is 9.23. The lowest BCUT2D eigenvalue weighted by atomic mass is 10.3. The summed E-state index contributed by atoms with van der Waals surface area (Å²) in [7, 11) is 0. The molecule has 1 aliphatic rings. The largest absolute Gasteiger partial charge is 0.302 e. The molecule has 0 aromatic heterocycles. The van der Waals surface area contributed by atoms with E-state index >= 15 is 0 Å². The monoisotopic (exact) mass is 189 g/mol. The van der Waals surface area contributed by atoms with Gasteiger partial charge in [0.2, 0.25) is 0 Å². The van der Waals surface area contributed by atoms with Crippen LogP contribution >= 0.6 is 11.8 Å². The Morgan fingerprint density at radius 3 is 2.25 bits per heavy atom. The molecule has 0 radical (unpaired) electrons. The summed E-state index contributed by atoms with van der Waals surface area (Å²) in [5.41, 5.74) is 0. The third-order valence-corrected chi connectivity index (χ3v) is 2.87. The average Bonchev–Trinajstić information content (AvgIpc) is 2.19. The zero-order valence-corrected chi connectivity index (χ0v) is 9.62. The van der Waals surface area contributed by atoms with Gasteiger partial charge in [-0.25, -0.2) is 0 Å². The highest BCUT2D eigenvalue weighted by Gasteiger charge is 2.07. The third kappa shape index (κ3) is 5.90. The van der Waals surface area contributed by atoms with Gasteiger partial charge >= 0.3 is 0 Å². The second kappa shape index (κ2) is 9.40. The quantitative estimate of drug-likeness (QED) is 0.671. The summed E-state index contributed by atoms with van der Waals surface area (Å²) in [5.74, 6) is 2.70. The van der Waals surface area contributed by atoms with Crippen molar-refractivity contribution in [3.63, 3.8) is 0 Å². The zero-order valence-electron chi connectivity index (χ0n) is 8.81. The molecular formula is C10H23NS. The molecule has 1 rings (SSSR count). The summed E-state index contributed by atoms with van der Waals surface area (Å²) < 4.78 is 0. The SMILES string of the molecule is CC.CCCCN1CCSCC1. The minimum atomic E-state index is 1.32. The molecule has 0 saturated carbocycles. The fourth-order valence-corrected chi connectivity index (χ4v) is 2.19. The number of hydrogen-bond donors (Lipinski definition) is 0. The van der Waals surface area contributed by atoms with E-state index in [9.17, 15) is 0 Å². The van der Waals surface area contributed by atoms with Gasteiger partial charge in [0.05, 0.1) is 0 Å². The summed E-state index contributed by atoms with van der Waals surface area (Å²) in [6.45, 7) is 10.2. The highest BCUT2D eigenvalue weighted by molar-refractivity contribution is 7.99. The Morgan fingerprint density at radius 2 is 1.75 bits per heavy atom. The minimum Gasteiger partial charge on any atom is -0.302 e. The molecule has 0 bridgehead atoms. The molecule has 0 N–H and O–H groups in total. The van der Waals surface area contributed by atoms with Crippen molar-refractivity contribution < 1.29 is 0 Å². The Kier molecular flexibility index (Phi) is 9.64. The molecule has 74 valence electrons. The van der Waals surface area contributed by atoms with Crippen molar-refractivity contribution in [3.05, 3.63) is 0 Å². The number of unbranched alkanes of at least 4 members (excludes halogenated alkanes) is 1. The van der Waals surface area contributed by atoms with Gasteiger partial charge in [0.25, 0.3) is 0 Å². The molecule has 1 fully saturated rings. The van der Waals surface area contributed by atoms with Crippen LogP contribution in [0.2, 0.25) is 0 Å². The van der Waals surface area contributed by atoms with E-state index in [0.717, 1.165) is 0 Å². The van der Waals surface area contributed by atoms with Crippen LogP contribution in [0.4, 0.5) is 0 Å². The van der Waals surface area contributed by atoms with Gasteiger partial charge in [-0.3, -0.25) is 0 Å². The van der Waals surface area contributed by atoms with E-state index in [-0.39, 0.29) is 0 Å². The topological polar surface area (TPSA) is 3.24 Å². The minimum absolute atomic E-state index is 1.32. The van der Waals surface area contributed by atoms with Crippen molar-refractivity contribution in [2.75, 3.05) is 31.1 Å². The van der Waals surface area contributed by atoms with Crippen LogP contribution in [0.3, 0.4) is 0 Å². The van der Waals surface area contributed by atoms with Crippen LogP contribution in [-0.2, 0) is 0 Å². The van der Waals surface area contributed by atoms with Crippen LogP contribution in [0.25, 0.3) is 0 Å². The van der Waals surface area contributed by atoms with Crippen molar-refractivity contribution in [2.24, 2.45) is 0 Å². The Labute approximate surface area is 81.9 Å². The lowest BCUT2D eigenvalue weighted by Gasteiger charge is -2.25. The molecule has 0 aromatic rings. The highest BCUT2D eigenvalue weighted by atomic mass is 32.2. The summed E-state index contributed by atoms with van der Waals surface area (Å²) in [4.78, 5) is 2.58. The van der Waals surface area contributed by atoms with Crippen LogP contribution in [0.5, 0.6) is 0 Å². The normalized spacial score (nSPS) is 18.2. The molecule has 1 nitrogen and oxygen atoms in total. The van der Waals surface area contributed by atoms with E-state index in [0.29, 0.717) is 0 Å². The molecule has 0 atom stereocenters. The van der Waals surface area contributed by atoms with Crippen LogP contribution in [0.1, 0.15) is 33.6 Å². The number of rotatable bonds is 3. The first-order valence-electron chi connectivity index (χ1n) is 5.23. The fraction of sp³-hybridized carbons (Fsp3) is 1.00. The predicted molar refractivity (Wildman–Crippen MR) is 60.0 cm³/mol. The Balaban J connectivity index is 0.000000561. The Bertz CT molecular complexity index is 79.9. The van der Waals surface area contributed by atoms with E-state index in [1.54, 1.807) is 0 Å². The summed E-state index contributed by atoms with van der Waals surface area (Å²) in [5, 5.41) is 0. The van der Waals surface area contributed by atoms with E-state index in [1.807, 2.05) is 13.8 Å². The maximum atomic E-state index is 2.58. The molecule has 2 heteroatoms. The van der Waals surface area contributed by atoms with E-state index in [2.05, 4.69) is 23.6 Å². The summed E-state index contributed by atoms with van der Waals surface area (Å²) >= 11 is 2.09. The van der Waals surface area contributed by atoms with Crippen LogP contribution in [0.15, 0.2) is 0 Å². The molecule has 12 heavy (non-hydrogen) atoms. The van der Waals surface area contributed by atoms with Crippen molar-refractivity contribution in [3.8, 4) is 0 Å². The number of hydrogen-bond acceptors (Lipinski definition) is 2. The third-order valence-electron chi connectivity index (χ3n) is 1.93. The Morgan fingerprint density at radius 1 is 1.17 bits per heavy atom. The van der Waals surface area contributed by atoms with Gasteiger partial charge < -0.3 is 4.90 Å². The molecule has 1 heterocycles. The average molecular weight is 189 g/mol. The van der Waals surface area contributed by atoms with E-state index in [4.69, 9.17) is 0 Å². The molecule has 0 unspecified atom stereocenters. The van der Waals surface area contributed by atoms with Crippen molar-refractivity contribution in [1.82, 2.24) is 4.90 Å². The van der Waals surface area contributed by atoms with Gasteiger partial charge in [-0.1, -0.05) is 27.2 Å². The molecule has 0 aromatic carbocycles. The van der Waals surface area contributed by atoms with Gasteiger partial charge in [-0.05, 0) is 13.0 Å². The summed E-state index contributed by atoms with van der Waals surface area (Å²) in [6, 6.07) is 0. The lowest BCUT2D eigenvalue weighted by Crippen LogP contribution is -2.33. The standard InChI is InChI=1S/C8H17NS.C2H6/c1-2-3-4-9-5-7-10-8-6-9;1-2/h2-8H2,1H3;1-2H3. The van der Waals surface area contributed by atoms with Gasteiger partial charge in [0.15, 0.2) is 0 Å². The van der Waals surface area contributed by atoms with E-state index in [1.165, 1.54) is 44.0 Å². The molecule has 0 spiro atoms. The highest BCUT2D eigenvalue weighted by Crippen LogP contribution is 2.09. The molecular weight excluding hydrogens is 166 g/mol. The molecule has 0 aliphatic carbocycles. The Hall–Kier alpha value is 0.310. The van der Waals surface area contributed by atoms with Crippen molar-refractivity contribution >= 4 is 11.8 Å². The molecule has 0 amide bonds. The maximum absolute atomic E-state index is 2.58. The number of thioether (sulfide) groups is 1. The van der Waals surface area contributed by atoms with Gasteiger partial charge in [-0.2, -0.15) is 11.8 Å². The van der Waals surface area contributed by atoms with Crippen molar-refractivity contribution in [1.29, 1.82) is 0 Å². The van der Waals surface area contributed by atoms with Gasteiger partial charge in [-0.15, -0.1) is 0 Å². The van der Waals surface area contributed by atoms with Gasteiger partial charge in [0.1, 0.15) is 0 Å². The van der Waals surface area contributed by atoms with Crippen LogP contribution in [0, 0.1) is 0 Å². The molecule has 1 saturated heterocycles. The first-order chi connectivity index (χ1) is 5.93. The predicted octanol–water partition coefficient (Wildman–Crippen LogP) is 2.86. The first-order valence-corrected chi connectivity index (χ1v) is 6.39.